The molecule has 110 valence electrons. The molecule has 1 heterocycles. The third kappa shape index (κ3) is 2.68. The molecular formula is C16H18BrN3O. The molecule has 0 aliphatic heterocycles. The van der Waals surface area contributed by atoms with E-state index in [4.69, 9.17) is 5.73 Å². The first-order chi connectivity index (χ1) is 10.1. The van der Waals surface area contributed by atoms with Gasteiger partial charge in [-0.1, -0.05) is 25.0 Å². The van der Waals surface area contributed by atoms with Crippen LogP contribution in [0.15, 0.2) is 34.9 Å². The van der Waals surface area contributed by atoms with Crippen LogP contribution in [0.3, 0.4) is 0 Å². The van der Waals surface area contributed by atoms with E-state index in [-0.39, 0.29) is 5.91 Å². The van der Waals surface area contributed by atoms with Gasteiger partial charge >= 0.3 is 0 Å². The smallest absolute Gasteiger partial charge is 0.231 e. The van der Waals surface area contributed by atoms with E-state index in [1.54, 1.807) is 6.20 Å². The van der Waals surface area contributed by atoms with Crippen LogP contribution in [0.2, 0.25) is 0 Å². The molecule has 2 aromatic rings. The van der Waals surface area contributed by atoms with Gasteiger partial charge in [-0.15, -0.1) is 0 Å². The Morgan fingerprint density at radius 3 is 2.86 bits per heavy atom. The zero-order valence-corrected chi connectivity index (χ0v) is 13.3. The first-order valence-corrected chi connectivity index (χ1v) is 8.00. The summed E-state index contributed by atoms with van der Waals surface area (Å²) in [5.74, 6) is 0.0275. The fraction of sp³-hybridized carbons (Fsp3) is 0.375. The predicted molar refractivity (Wildman–Crippen MR) is 88.0 cm³/mol. The first kappa shape index (κ1) is 14.5. The lowest BCUT2D eigenvalue weighted by Gasteiger charge is -2.25. The molecule has 1 aliphatic rings. The molecule has 1 aromatic heterocycles. The van der Waals surface area contributed by atoms with Gasteiger partial charge in [-0.3, -0.25) is 9.78 Å². The van der Waals surface area contributed by atoms with E-state index in [1.165, 1.54) is 0 Å². The second-order valence-corrected chi connectivity index (χ2v) is 6.59. The normalized spacial score (nSPS) is 17.0. The Labute approximate surface area is 132 Å². The molecule has 0 spiro atoms. The summed E-state index contributed by atoms with van der Waals surface area (Å²) in [7, 11) is 0. The van der Waals surface area contributed by atoms with Gasteiger partial charge in [-0.05, 0) is 40.9 Å². The van der Waals surface area contributed by atoms with E-state index in [9.17, 15) is 4.79 Å². The number of aromatic nitrogens is 1. The summed E-state index contributed by atoms with van der Waals surface area (Å²) < 4.78 is 0.924. The minimum absolute atomic E-state index is 0.0275. The summed E-state index contributed by atoms with van der Waals surface area (Å²) in [6.45, 7) is 0.405. The van der Waals surface area contributed by atoms with Crippen LogP contribution in [-0.4, -0.2) is 17.4 Å². The molecule has 3 rings (SSSR count). The number of pyridine rings is 1. The van der Waals surface area contributed by atoms with Crippen molar-refractivity contribution in [3.63, 3.8) is 0 Å². The second kappa shape index (κ2) is 5.73. The van der Waals surface area contributed by atoms with Gasteiger partial charge < -0.3 is 11.1 Å². The monoisotopic (exact) mass is 347 g/mol. The molecule has 1 amide bonds. The molecule has 1 aliphatic carbocycles. The molecule has 4 nitrogen and oxygen atoms in total. The van der Waals surface area contributed by atoms with Crippen LogP contribution in [0.4, 0.5) is 5.69 Å². The number of carbonyl (C=O) groups excluding carboxylic acids is 1. The van der Waals surface area contributed by atoms with Gasteiger partial charge in [0.25, 0.3) is 0 Å². The number of nitrogens with zero attached hydrogens (tertiary/aromatic N) is 1. The van der Waals surface area contributed by atoms with E-state index in [1.807, 2.05) is 24.3 Å². The van der Waals surface area contributed by atoms with Crippen molar-refractivity contribution in [2.75, 3.05) is 11.9 Å². The molecule has 1 aromatic carbocycles. The van der Waals surface area contributed by atoms with Gasteiger partial charge in [0.15, 0.2) is 0 Å². The highest BCUT2D eigenvalue weighted by atomic mass is 79.9. The average molecular weight is 348 g/mol. The standard InChI is InChI=1S/C16H18BrN3O/c17-12-8-11-4-3-5-13(14(11)19-9-12)20-15(21)16(10-18)6-1-2-7-16/h3-5,8-9H,1-2,6-7,10,18H2,(H,20,21). The Bertz CT molecular complexity index is 680. The van der Waals surface area contributed by atoms with Gasteiger partial charge in [0.2, 0.25) is 5.91 Å². The van der Waals surface area contributed by atoms with Crippen molar-refractivity contribution < 1.29 is 4.79 Å². The number of para-hydroxylation sites is 1. The lowest BCUT2D eigenvalue weighted by Crippen LogP contribution is -2.40. The fourth-order valence-corrected chi connectivity index (χ4v) is 3.41. The first-order valence-electron chi connectivity index (χ1n) is 7.20. The minimum atomic E-state index is -0.405. The summed E-state index contributed by atoms with van der Waals surface area (Å²) in [4.78, 5) is 17.1. The molecule has 0 saturated heterocycles. The Kier molecular flexibility index (Phi) is 3.95. The summed E-state index contributed by atoms with van der Waals surface area (Å²) in [5, 5.41) is 4.04. The van der Waals surface area contributed by atoms with Crippen molar-refractivity contribution in [3.8, 4) is 0 Å². The fourth-order valence-electron chi connectivity index (χ4n) is 3.07. The number of rotatable bonds is 3. The summed E-state index contributed by atoms with van der Waals surface area (Å²) in [6.07, 6.45) is 5.64. The molecule has 1 saturated carbocycles. The minimum Gasteiger partial charge on any atom is -0.329 e. The van der Waals surface area contributed by atoms with Crippen molar-refractivity contribution in [1.29, 1.82) is 0 Å². The Hall–Kier alpha value is -1.46. The maximum atomic E-state index is 12.7. The number of fused-ring (bicyclic) bond motifs is 1. The van der Waals surface area contributed by atoms with Crippen molar-refractivity contribution in [2.45, 2.75) is 25.7 Å². The number of amides is 1. The van der Waals surface area contributed by atoms with Crippen LogP contribution in [0.25, 0.3) is 10.9 Å². The van der Waals surface area contributed by atoms with Gasteiger partial charge in [-0.25, -0.2) is 0 Å². The highest BCUT2D eigenvalue weighted by Gasteiger charge is 2.39. The quantitative estimate of drug-likeness (QED) is 0.893. The molecule has 0 atom stereocenters. The Morgan fingerprint density at radius 1 is 1.38 bits per heavy atom. The van der Waals surface area contributed by atoms with Crippen LogP contribution in [0.1, 0.15) is 25.7 Å². The summed E-state index contributed by atoms with van der Waals surface area (Å²) >= 11 is 3.42. The maximum absolute atomic E-state index is 12.7. The van der Waals surface area contributed by atoms with Crippen molar-refractivity contribution in [2.24, 2.45) is 11.1 Å². The van der Waals surface area contributed by atoms with Crippen molar-refractivity contribution >= 4 is 38.4 Å². The number of anilines is 1. The predicted octanol–water partition coefficient (Wildman–Crippen LogP) is 3.45. The number of halogens is 1. The van der Waals surface area contributed by atoms with Gasteiger partial charge in [-0.2, -0.15) is 0 Å². The number of nitrogens with two attached hydrogens (primary N) is 1. The molecule has 3 N–H and O–H groups in total. The number of carbonyl (C=O) groups is 1. The average Bonchev–Trinajstić information content (AvgIpc) is 2.97. The van der Waals surface area contributed by atoms with Crippen LogP contribution in [0, 0.1) is 5.41 Å². The largest absolute Gasteiger partial charge is 0.329 e. The number of hydrogen-bond donors (Lipinski definition) is 2. The number of nitrogens with one attached hydrogen (secondary N) is 1. The van der Waals surface area contributed by atoms with E-state index >= 15 is 0 Å². The highest BCUT2D eigenvalue weighted by Crippen LogP contribution is 2.38. The molecule has 5 heteroatoms. The van der Waals surface area contributed by atoms with Crippen LogP contribution >= 0.6 is 15.9 Å². The van der Waals surface area contributed by atoms with Gasteiger partial charge in [0, 0.05) is 22.6 Å². The molecular weight excluding hydrogens is 330 g/mol. The van der Waals surface area contributed by atoms with Crippen LogP contribution in [0.5, 0.6) is 0 Å². The highest BCUT2D eigenvalue weighted by molar-refractivity contribution is 9.10. The number of hydrogen-bond acceptors (Lipinski definition) is 3. The summed E-state index contributed by atoms with van der Waals surface area (Å²) in [6, 6.07) is 7.79. The third-order valence-electron chi connectivity index (χ3n) is 4.36. The second-order valence-electron chi connectivity index (χ2n) is 5.68. The van der Waals surface area contributed by atoms with Gasteiger partial charge in [0.05, 0.1) is 16.6 Å². The Morgan fingerprint density at radius 2 is 2.14 bits per heavy atom. The molecule has 1 fully saturated rings. The van der Waals surface area contributed by atoms with E-state index < -0.39 is 5.41 Å². The molecule has 0 radical (unpaired) electrons. The molecule has 0 unspecified atom stereocenters. The lowest BCUT2D eigenvalue weighted by molar-refractivity contribution is -0.124. The van der Waals surface area contributed by atoms with E-state index in [0.717, 1.165) is 46.7 Å². The maximum Gasteiger partial charge on any atom is 0.231 e. The zero-order chi connectivity index (χ0) is 14.9. The molecule has 0 bridgehead atoms. The Balaban J connectivity index is 1.93. The van der Waals surface area contributed by atoms with E-state index in [2.05, 4.69) is 26.2 Å². The molecule has 21 heavy (non-hydrogen) atoms. The SMILES string of the molecule is NCC1(C(=O)Nc2cccc3cc(Br)cnc23)CCCC1. The topological polar surface area (TPSA) is 68.0 Å². The van der Waals surface area contributed by atoms with Gasteiger partial charge in [0.1, 0.15) is 0 Å². The van der Waals surface area contributed by atoms with E-state index in [0.29, 0.717) is 6.54 Å². The van der Waals surface area contributed by atoms with Crippen LogP contribution in [-0.2, 0) is 4.79 Å². The lowest BCUT2D eigenvalue weighted by atomic mass is 9.85. The zero-order valence-electron chi connectivity index (χ0n) is 11.7. The van der Waals surface area contributed by atoms with Crippen molar-refractivity contribution in [1.82, 2.24) is 4.98 Å². The third-order valence-corrected chi connectivity index (χ3v) is 4.79. The number of benzene rings is 1. The summed E-state index contributed by atoms with van der Waals surface area (Å²) in [5.41, 5.74) is 7.03. The van der Waals surface area contributed by atoms with Crippen LogP contribution < -0.4 is 11.1 Å². The van der Waals surface area contributed by atoms with Crippen molar-refractivity contribution in [3.05, 3.63) is 34.9 Å².